The summed E-state index contributed by atoms with van der Waals surface area (Å²) in [7, 11) is 0. The van der Waals surface area contributed by atoms with Crippen LogP contribution in [0.25, 0.3) is 16.9 Å². The second kappa shape index (κ2) is 9.87. The van der Waals surface area contributed by atoms with Crippen LogP contribution in [0.1, 0.15) is 59.2 Å². The van der Waals surface area contributed by atoms with Crippen LogP contribution < -0.4 is 16.4 Å². The quantitative estimate of drug-likeness (QED) is 0.276. The molecule has 1 spiro atoms. The molecule has 0 unspecified atom stereocenters. The number of halogens is 1. The van der Waals surface area contributed by atoms with Crippen molar-refractivity contribution in [1.29, 1.82) is 0 Å². The normalized spacial score (nSPS) is 15.4. The van der Waals surface area contributed by atoms with Crippen LogP contribution in [0.2, 0.25) is 0 Å². The molecule has 192 valence electrons. The zero-order chi connectivity index (χ0) is 26.3. The highest BCUT2D eigenvalue weighted by Crippen LogP contribution is 2.48. The smallest absolute Gasteiger partial charge is 0.268 e. The van der Waals surface area contributed by atoms with E-state index in [1.165, 1.54) is 12.0 Å². The Kier molecular flexibility index (Phi) is 6.40. The first kappa shape index (κ1) is 24.6. The summed E-state index contributed by atoms with van der Waals surface area (Å²) in [4.78, 5) is 32.6. The van der Waals surface area contributed by atoms with Crippen LogP contribution in [0.4, 0.5) is 5.95 Å². The largest absolute Gasteiger partial charge is 0.269 e. The molecule has 38 heavy (non-hydrogen) atoms. The summed E-state index contributed by atoms with van der Waals surface area (Å²) in [5, 5.41) is 0. The van der Waals surface area contributed by atoms with Crippen LogP contribution in [-0.2, 0) is 11.8 Å². The topological polar surface area (TPSA) is 76.0 Å². The predicted octanol–water partition coefficient (Wildman–Crippen LogP) is 6.49. The summed E-state index contributed by atoms with van der Waals surface area (Å²) < 4.78 is 2.53. The van der Waals surface area contributed by atoms with Gasteiger partial charge in [-0.2, -0.15) is 0 Å². The number of hydrazine groups is 1. The van der Waals surface area contributed by atoms with E-state index in [0.717, 1.165) is 64.6 Å². The van der Waals surface area contributed by atoms with Gasteiger partial charge in [-0.1, -0.05) is 77.7 Å². The maximum atomic E-state index is 14.6. The van der Waals surface area contributed by atoms with E-state index < -0.39 is 0 Å². The van der Waals surface area contributed by atoms with E-state index in [0.29, 0.717) is 5.56 Å². The van der Waals surface area contributed by atoms with Crippen molar-refractivity contribution in [2.24, 2.45) is 0 Å². The molecule has 0 bridgehead atoms. The van der Waals surface area contributed by atoms with Crippen molar-refractivity contribution >= 4 is 27.8 Å². The molecule has 1 heterocycles. The lowest BCUT2D eigenvalue weighted by Crippen LogP contribution is -2.44. The maximum absolute atomic E-state index is 14.6. The fourth-order valence-electron chi connectivity index (χ4n) is 6.12. The molecule has 2 N–H and O–H groups in total. The lowest BCUT2D eigenvalue weighted by Gasteiger charge is -2.42. The van der Waals surface area contributed by atoms with Gasteiger partial charge in [-0.05, 0) is 67.6 Å². The van der Waals surface area contributed by atoms with Gasteiger partial charge in [0.05, 0.1) is 16.9 Å². The Labute approximate surface area is 230 Å². The minimum absolute atomic E-state index is 0.0684. The highest BCUT2D eigenvalue weighted by atomic mass is 79.9. The summed E-state index contributed by atoms with van der Waals surface area (Å²) in [5.41, 5.74) is 11.4. The number of aryl methyl sites for hydroxylation is 1. The average molecular weight is 570 g/mol. The van der Waals surface area contributed by atoms with Crippen LogP contribution in [-0.4, -0.2) is 15.5 Å². The molecule has 7 heteroatoms. The Morgan fingerprint density at radius 1 is 0.947 bits per heavy atom. The monoisotopic (exact) mass is 568 g/mol. The number of carbonyl (C=O) groups is 1. The molecule has 0 saturated heterocycles. The first-order valence-corrected chi connectivity index (χ1v) is 13.9. The number of carbonyl (C=O) groups excluding carboxylic acids is 1. The van der Waals surface area contributed by atoms with E-state index in [2.05, 4.69) is 45.0 Å². The van der Waals surface area contributed by atoms with Crippen molar-refractivity contribution in [2.75, 3.05) is 5.43 Å². The van der Waals surface area contributed by atoms with Gasteiger partial charge in [-0.3, -0.25) is 20.4 Å². The van der Waals surface area contributed by atoms with Crippen molar-refractivity contribution in [3.8, 4) is 16.9 Å². The van der Waals surface area contributed by atoms with Gasteiger partial charge < -0.3 is 0 Å². The average Bonchev–Trinajstić information content (AvgIpc) is 2.93. The zero-order valence-electron chi connectivity index (χ0n) is 21.3. The molecule has 0 atom stereocenters. The minimum atomic E-state index is -0.315. The number of hydrogen-bond donors (Lipinski definition) is 2. The van der Waals surface area contributed by atoms with Crippen molar-refractivity contribution < 1.29 is 4.79 Å². The Bertz CT molecular complexity index is 1590. The van der Waals surface area contributed by atoms with E-state index in [1.807, 2.05) is 49.4 Å². The summed E-state index contributed by atoms with van der Waals surface area (Å²) in [6.45, 7) is 1.98. The van der Waals surface area contributed by atoms with Gasteiger partial charge >= 0.3 is 0 Å². The molecule has 0 aliphatic heterocycles. The van der Waals surface area contributed by atoms with E-state index in [9.17, 15) is 9.59 Å². The molecule has 2 aliphatic carbocycles. The third kappa shape index (κ3) is 4.25. The zero-order valence-corrected chi connectivity index (χ0v) is 22.8. The van der Waals surface area contributed by atoms with E-state index >= 15 is 0 Å². The standard InChI is InChI=1S/C31H29BrN4O2/c1-20-9-3-6-12-25(20)36-29(38)26-27(33-30(36)35-34-28(37)21-13-15-23(32)16-14-21)24-11-5-4-10-22(24)19-31(26)17-7-2-8-18-31/h3-6,9-16H,2,7-8,17-19H2,1H3,(H,33,35)(H,34,37). The fraction of sp³-hybridized carbons (Fsp3) is 0.258. The number of anilines is 1. The summed E-state index contributed by atoms with van der Waals surface area (Å²) in [6, 6.07) is 23.2. The summed E-state index contributed by atoms with van der Waals surface area (Å²) in [5.74, 6) is -0.0267. The van der Waals surface area contributed by atoms with Crippen LogP contribution in [0.5, 0.6) is 0 Å². The molecular weight excluding hydrogens is 540 g/mol. The van der Waals surface area contributed by atoms with Crippen LogP contribution in [0.15, 0.2) is 82.1 Å². The highest BCUT2D eigenvalue weighted by molar-refractivity contribution is 9.10. The molecular formula is C31H29BrN4O2. The Morgan fingerprint density at radius 2 is 1.66 bits per heavy atom. The van der Waals surface area contributed by atoms with Gasteiger partial charge in [-0.15, -0.1) is 0 Å². The summed E-state index contributed by atoms with van der Waals surface area (Å²) >= 11 is 3.40. The molecule has 6 nitrogen and oxygen atoms in total. The second-order valence-corrected chi connectivity index (χ2v) is 11.3. The number of hydrogen-bond acceptors (Lipinski definition) is 4. The number of aromatic nitrogens is 2. The van der Waals surface area contributed by atoms with Crippen molar-refractivity contribution in [3.63, 3.8) is 0 Å². The fourth-order valence-corrected chi connectivity index (χ4v) is 6.38. The molecule has 1 fully saturated rings. The minimum Gasteiger partial charge on any atom is -0.268 e. The van der Waals surface area contributed by atoms with Crippen LogP contribution >= 0.6 is 15.9 Å². The third-order valence-corrected chi connectivity index (χ3v) is 8.50. The lowest BCUT2D eigenvalue weighted by molar-refractivity contribution is 0.0962. The van der Waals surface area contributed by atoms with Gasteiger partial charge in [0.2, 0.25) is 5.95 Å². The van der Waals surface area contributed by atoms with Crippen molar-refractivity contribution in [2.45, 2.75) is 50.9 Å². The van der Waals surface area contributed by atoms with E-state index in [4.69, 9.17) is 4.98 Å². The van der Waals surface area contributed by atoms with Gasteiger partial charge in [0.25, 0.3) is 11.5 Å². The lowest BCUT2D eigenvalue weighted by atomic mass is 9.62. The molecule has 1 saturated carbocycles. The Hall–Kier alpha value is -3.71. The maximum Gasteiger partial charge on any atom is 0.269 e. The molecule has 4 aromatic rings. The van der Waals surface area contributed by atoms with E-state index in [1.54, 1.807) is 16.7 Å². The first-order valence-electron chi connectivity index (χ1n) is 13.1. The number of rotatable bonds is 4. The van der Waals surface area contributed by atoms with E-state index in [-0.39, 0.29) is 22.8 Å². The van der Waals surface area contributed by atoms with Crippen LogP contribution in [0, 0.1) is 6.92 Å². The highest BCUT2D eigenvalue weighted by Gasteiger charge is 2.43. The SMILES string of the molecule is Cc1ccccc1-n1c(NNC(=O)c2ccc(Br)cc2)nc2c(c1=O)C1(CCCCC1)Cc1ccccc1-2. The number of fused-ring (bicyclic) bond motifs is 4. The number of nitrogens with one attached hydrogen (secondary N) is 2. The van der Waals surface area contributed by atoms with Crippen LogP contribution in [0.3, 0.4) is 0 Å². The molecule has 1 aromatic heterocycles. The first-order chi connectivity index (χ1) is 18.5. The van der Waals surface area contributed by atoms with Gasteiger partial charge in [-0.25, -0.2) is 9.55 Å². The van der Waals surface area contributed by atoms with Gasteiger partial charge in [0.15, 0.2) is 0 Å². The molecule has 3 aromatic carbocycles. The molecule has 0 radical (unpaired) electrons. The molecule has 6 rings (SSSR count). The number of benzene rings is 3. The van der Waals surface area contributed by atoms with Gasteiger partial charge in [0, 0.05) is 21.0 Å². The summed E-state index contributed by atoms with van der Waals surface area (Å²) in [6.07, 6.45) is 6.22. The third-order valence-electron chi connectivity index (χ3n) is 7.98. The molecule has 1 amide bonds. The molecule has 2 aliphatic rings. The predicted molar refractivity (Wildman–Crippen MR) is 154 cm³/mol. The van der Waals surface area contributed by atoms with Gasteiger partial charge in [0.1, 0.15) is 0 Å². The Balaban J connectivity index is 1.53. The second-order valence-electron chi connectivity index (χ2n) is 10.3. The number of amides is 1. The number of nitrogens with zero attached hydrogens (tertiary/aromatic N) is 2. The van der Waals surface area contributed by atoms with Crippen molar-refractivity contribution in [1.82, 2.24) is 15.0 Å². The number of para-hydroxylation sites is 1. The Morgan fingerprint density at radius 3 is 2.42 bits per heavy atom. The van der Waals surface area contributed by atoms with Crippen molar-refractivity contribution in [3.05, 3.63) is 110 Å².